The predicted molar refractivity (Wildman–Crippen MR) is 319 cm³/mol. The number of esters is 2. The summed E-state index contributed by atoms with van der Waals surface area (Å²) >= 11 is 3.34. The van der Waals surface area contributed by atoms with Crippen LogP contribution in [0.1, 0.15) is 196 Å². The largest absolute Gasteiger partial charge is 0.469 e. The van der Waals surface area contributed by atoms with Gasteiger partial charge in [-0.25, -0.2) is 9.97 Å². The summed E-state index contributed by atoms with van der Waals surface area (Å²) < 4.78 is 47.2. The second kappa shape index (κ2) is 32.5. The minimum absolute atomic E-state index is 0.0501. The minimum atomic E-state index is -1.75. The molecular formula is C60H100N2O10S4. The van der Waals surface area contributed by atoms with Crippen molar-refractivity contribution in [1.82, 2.24) is 9.97 Å². The summed E-state index contributed by atoms with van der Waals surface area (Å²) in [4.78, 5) is 33.5. The second-order valence-corrected chi connectivity index (χ2v) is 29.9. The van der Waals surface area contributed by atoms with Gasteiger partial charge in [-0.1, -0.05) is 69.1 Å². The Balaban J connectivity index is 0.000000523. The van der Waals surface area contributed by atoms with E-state index in [1.54, 1.807) is 22.7 Å². The van der Waals surface area contributed by atoms with Crippen molar-refractivity contribution < 1.29 is 47.2 Å². The molecule has 2 aromatic heterocycles. The molecule has 0 radical (unpaired) electrons. The molecule has 0 aromatic carbocycles. The maximum atomic E-state index is 13.8. The Morgan fingerprint density at radius 2 is 1.24 bits per heavy atom. The molecule has 1 aliphatic heterocycles. The number of methoxy groups -OCH3 is 2. The quantitative estimate of drug-likeness (QED) is 0.0584. The minimum Gasteiger partial charge on any atom is -0.469 e. The summed E-state index contributed by atoms with van der Waals surface area (Å²) in [5.41, 5.74) is 7.40. The number of hydrogen-bond donors (Lipinski definition) is 2. The zero-order valence-corrected chi connectivity index (χ0v) is 53.5. The fraction of sp³-hybridized carbons (Fsp3) is 0.733. The molecule has 3 heterocycles. The van der Waals surface area contributed by atoms with E-state index < -0.39 is 60.3 Å². The van der Waals surface area contributed by atoms with E-state index >= 15 is 0 Å². The molecule has 0 spiro atoms. The highest BCUT2D eigenvalue weighted by atomic mass is 32.2. The van der Waals surface area contributed by atoms with Crippen LogP contribution >= 0.6 is 22.7 Å². The normalized spacial score (nSPS) is 20.4. The Hall–Kier alpha value is -2.70. The van der Waals surface area contributed by atoms with Gasteiger partial charge in [0.15, 0.2) is 11.0 Å². The molecule has 12 nitrogen and oxygen atoms in total. The number of aromatic nitrogens is 2. The van der Waals surface area contributed by atoms with E-state index in [0.29, 0.717) is 31.3 Å². The number of rotatable bonds is 29. The lowest BCUT2D eigenvalue weighted by Crippen LogP contribution is -2.56. The van der Waals surface area contributed by atoms with E-state index in [9.17, 15) is 28.2 Å². The number of aliphatic hydroxyl groups is 2. The lowest BCUT2D eigenvalue weighted by Gasteiger charge is -2.44. The van der Waals surface area contributed by atoms with Crippen molar-refractivity contribution in [3.63, 3.8) is 0 Å². The van der Waals surface area contributed by atoms with Crippen molar-refractivity contribution in [3.05, 3.63) is 66.6 Å². The Bertz CT molecular complexity index is 2290. The highest BCUT2D eigenvalue weighted by molar-refractivity contribution is 7.88. The Morgan fingerprint density at radius 1 is 0.776 bits per heavy atom. The van der Waals surface area contributed by atoms with E-state index in [2.05, 4.69) is 86.6 Å². The Labute approximate surface area is 472 Å². The molecule has 76 heavy (non-hydrogen) atoms. The molecule has 1 fully saturated rings. The number of hydrogen-bond acceptors (Lipinski definition) is 14. The first kappa shape index (κ1) is 69.4. The van der Waals surface area contributed by atoms with Crippen LogP contribution in [0.5, 0.6) is 0 Å². The molecule has 0 amide bonds. The van der Waals surface area contributed by atoms with Crippen molar-refractivity contribution in [2.45, 2.75) is 233 Å². The van der Waals surface area contributed by atoms with Crippen LogP contribution in [0, 0.1) is 43.4 Å². The van der Waals surface area contributed by atoms with E-state index in [1.165, 1.54) is 36.5 Å². The summed E-state index contributed by atoms with van der Waals surface area (Å²) in [5.74, 6) is -1.16. The molecule has 434 valence electrons. The van der Waals surface area contributed by atoms with Gasteiger partial charge in [0.25, 0.3) is 0 Å². The van der Waals surface area contributed by atoms with Crippen LogP contribution in [0.25, 0.3) is 12.2 Å². The number of carbonyl (C=O) groups is 2. The fourth-order valence-corrected chi connectivity index (χ4v) is 14.1. The monoisotopic (exact) mass is 1140 g/mol. The lowest BCUT2D eigenvalue weighted by atomic mass is 9.93. The zero-order chi connectivity index (χ0) is 57.9. The summed E-state index contributed by atoms with van der Waals surface area (Å²) in [7, 11) is -0.398. The van der Waals surface area contributed by atoms with Gasteiger partial charge >= 0.3 is 11.9 Å². The number of allylic oxidation sites excluding steroid dienone is 6. The molecule has 0 saturated carbocycles. The number of aliphatic hydroxyl groups excluding tert-OH is 2. The topological polar surface area (TPSA) is 171 Å². The van der Waals surface area contributed by atoms with E-state index in [1.807, 2.05) is 83.1 Å². The number of thiazole rings is 2. The van der Waals surface area contributed by atoms with E-state index in [0.717, 1.165) is 66.3 Å². The molecule has 0 aliphatic carbocycles. The van der Waals surface area contributed by atoms with Crippen molar-refractivity contribution in [1.29, 1.82) is 0 Å². The predicted octanol–water partition coefficient (Wildman–Crippen LogP) is 13.7. The van der Waals surface area contributed by atoms with E-state index in [-0.39, 0.29) is 41.5 Å². The van der Waals surface area contributed by atoms with Gasteiger partial charge in [0.2, 0.25) is 0 Å². The molecule has 12 atom stereocenters. The number of aryl methyl sites for hydroxylation is 2. The maximum absolute atomic E-state index is 13.8. The molecule has 2 N–H and O–H groups in total. The first-order valence-electron chi connectivity index (χ1n) is 27.4. The van der Waals surface area contributed by atoms with Crippen molar-refractivity contribution in [2.24, 2.45) is 29.6 Å². The summed E-state index contributed by atoms with van der Waals surface area (Å²) in [6.07, 6.45) is 14.9. The van der Waals surface area contributed by atoms with Crippen LogP contribution in [0.15, 0.2) is 45.2 Å². The standard InChI is InChI=1S/C31H51NO6S2.C29H49NO4S2/c1-20(14-15-21(2)23(4)18-25-19-39-24(5)32-25)12-11-13-22(3)27(33)28(29(34)36-10)40(35)30(6,7)26-16-17-37-31(8,9)38-26;1-19(14-15-20(2)22(4)16-26-18-35-25(7)30-26)12-11-13-21(3)28(32)24(6)36(33)29(8,9)23(5)17-27(31)34-10/h14,18-19,21-22,26-28,33H,11-13,15-17H2,1-10H3;14,16,18,20-21,23-24,28,32H,11-13,15,17H2,1-10H3/b20-14-,23-18+;19-14-,22-16+. The van der Waals surface area contributed by atoms with Crippen molar-refractivity contribution in [3.8, 4) is 0 Å². The molecular weight excluding hydrogens is 1040 g/mol. The first-order valence-corrected chi connectivity index (χ1v) is 31.6. The third kappa shape index (κ3) is 22.4. The van der Waals surface area contributed by atoms with Crippen LogP contribution in [0.3, 0.4) is 0 Å². The highest BCUT2D eigenvalue weighted by Crippen LogP contribution is 2.36. The van der Waals surface area contributed by atoms with Gasteiger partial charge in [0.05, 0.1) is 70.5 Å². The van der Waals surface area contributed by atoms with Crippen LogP contribution < -0.4 is 0 Å². The van der Waals surface area contributed by atoms with Crippen LogP contribution in [-0.2, 0) is 50.1 Å². The van der Waals surface area contributed by atoms with E-state index in [4.69, 9.17) is 18.9 Å². The van der Waals surface area contributed by atoms with Crippen molar-refractivity contribution in [2.75, 3.05) is 20.8 Å². The maximum Gasteiger partial charge on any atom is 0.324 e. The summed E-state index contributed by atoms with van der Waals surface area (Å²) in [5, 5.41) is 27.0. The Kier molecular flexibility index (Phi) is 29.7. The van der Waals surface area contributed by atoms with Gasteiger partial charge in [-0.2, -0.15) is 0 Å². The van der Waals surface area contributed by atoms with Gasteiger partial charge < -0.3 is 29.2 Å². The molecule has 16 heteroatoms. The zero-order valence-electron chi connectivity index (χ0n) is 50.2. The SMILES string of the molecule is COC(=O)C(C(O)C(C)CCC/C(C)=C\CC(C)/C(C)=C/c1csc(C)n1)S(=O)C(C)(C)C1CCOC(C)(C)O1.COC(=O)CC(C)C(C)(C)S(=O)C(C)C(O)C(C)CCC/C(C)=C\CC(C)/C(C)=C/c1csc(C)n1. The number of ether oxygens (including phenoxy) is 4. The average Bonchev–Trinajstić information content (AvgIpc) is 3.98. The van der Waals surface area contributed by atoms with Crippen LogP contribution in [-0.4, -0.2) is 105 Å². The smallest absolute Gasteiger partial charge is 0.324 e. The van der Waals surface area contributed by atoms with Gasteiger partial charge in [0.1, 0.15) is 0 Å². The summed E-state index contributed by atoms with van der Waals surface area (Å²) in [6.45, 7) is 36.5. The van der Waals surface area contributed by atoms with Gasteiger partial charge in [-0.15, -0.1) is 22.7 Å². The van der Waals surface area contributed by atoms with Gasteiger partial charge in [-0.3, -0.25) is 18.0 Å². The van der Waals surface area contributed by atoms with Crippen LogP contribution in [0.2, 0.25) is 0 Å². The van der Waals surface area contributed by atoms with Gasteiger partial charge in [0, 0.05) is 43.5 Å². The van der Waals surface area contributed by atoms with Gasteiger partial charge in [-0.05, 0) is 190 Å². The van der Waals surface area contributed by atoms with Crippen molar-refractivity contribution >= 4 is 68.4 Å². The molecule has 2 aromatic rings. The highest BCUT2D eigenvalue weighted by Gasteiger charge is 2.49. The molecule has 3 rings (SSSR count). The molecule has 0 bridgehead atoms. The van der Waals surface area contributed by atoms with Crippen LogP contribution in [0.4, 0.5) is 0 Å². The third-order valence-corrected chi connectivity index (χ3v) is 21.8. The lowest BCUT2D eigenvalue weighted by molar-refractivity contribution is -0.277. The third-order valence-electron chi connectivity index (χ3n) is 15.6. The number of carbonyl (C=O) groups excluding carboxylic acids is 2. The average molecular weight is 1140 g/mol. The Morgan fingerprint density at radius 3 is 1.64 bits per heavy atom. The molecule has 1 saturated heterocycles. The second-order valence-electron chi connectivity index (χ2n) is 23.2. The number of nitrogens with zero attached hydrogens (tertiary/aromatic N) is 2. The molecule has 12 unspecified atom stereocenters. The summed E-state index contributed by atoms with van der Waals surface area (Å²) in [6, 6.07) is 0. The molecule has 1 aliphatic rings. The fourth-order valence-electron chi connectivity index (χ4n) is 9.13. The first-order chi connectivity index (χ1) is 35.3.